The predicted molar refractivity (Wildman–Crippen MR) is 80.9 cm³/mol. The van der Waals surface area contributed by atoms with Gasteiger partial charge in [-0.2, -0.15) is 5.26 Å². The van der Waals surface area contributed by atoms with Crippen LogP contribution in [-0.2, 0) is 4.79 Å². The number of carbonyl (C=O) groups is 1. The Kier molecular flexibility index (Phi) is 4.95. The van der Waals surface area contributed by atoms with E-state index in [0.717, 1.165) is 0 Å². The van der Waals surface area contributed by atoms with Crippen LogP contribution >= 0.6 is 11.8 Å². The Balaban J connectivity index is 1.93. The third kappa shape index (κ3) is 4.07. The molecule has 1 amide bonds. The lowest BCUT2D eigenvalue weighted by atomic mass is 10.2. The van der Waals surface area contributed by atoms with Crippen molar-refractivity contribution in [2.45, 2.75) is 25.0 Å². The average molecular weight is 301 g/mol. The molecule has 2 aromatic rings. The lowest BCUT2D eigenvalue weighted by molar-refractivity contribution is -0.113. The van der Waals surface area contributed by atoms with E-state index in [0.29, 0.717) is 16.4 Å². The van der Waals surface area contributed by atoms with Crippen molar-refractivity contribution in [1.29, 1.82) is 5.26 Å². The van der Waals surface area contributed by atoms with Crippen LogP contribution in [-0.4, -0.2) is 26.4 Å². The molecule has 1 N–H and O–H groups in total. The molecule has 0 saturated carbocycles. The van der Waals surface area contributed by atoms with Crippen LogP contribution in [0.25, 0.3) is 0 Å². The largest absolute Gasteiger partial charge is 0.325 e. The van der Waals surface area contributed by atoms with E-state index in [1.54, 1.807) is 30.6 Å². The molecule has 0 atom stereocenters. The van der Waals surface area contributed by atoms with Crippen LogP contribution in [0.3, 0.4) is 0 Å². The molecule has 0 unspecified atom stereocenters. The van der Waals surface area contributed by atoms with Crippen molar-refractivity contribution in [3.8, 4) is 6.07 Å². The van der Waals surface area contributed by atoms with Crippen LogP contribution in [0.1, 0.15) is 25.5 Å². The van der Waals surface area contributed by atoms with Crippen LogP contribution in [0.15, 0.2) is 35.7 Å². The maximum atomic E-state index is 11.9. The topological polar surface area (TPSA) is 83.6 Å². The molecule has 1 heterocycles. The number of nitrogens with one attached hydrogen (secondary N) is 1. The molecule has 21 heavy (non-hydrogen) atoms. The number of rotatable bonds is 5. The molecule has 2 rings (SSSR count). The van der Waals surface area contributed by atoms with Crippen LogP contribution in [0.5, 0.6) is 0 Å². The second-order valence-electron chi connectivity index (χ2n) is 4.64. The summed E-state index contributed by atoms with van der Waals surface area (Å²) in [5.41, 5.74) is 1.13. The smallest absolute Gasteiger partial charge is 0.234 e. The van der Waals surface area contributed by atoms with Gasteiger partial charge >= 0.3 is 0 Å². The zero-order valence-corrected chi connectivity index (χ0v) is 12.6. The highest BCUT2D eigenvalue weighted by Gasteiger charge is 2.10. The van der Waals surface area contributed by atoms with Gasteiger partial charge in [0.1, 0.15) is 6.33 Å². The van der Waals surface area contributed by atoms with Crippen LogP contribution in [0, 0.1) is 11.3 Å². The standard InChI is InChI=1S/C14H15N5OS/c1-10(2)19-9-16-18-14(19)21-8-13(20)17-12-5-3-4-11(6-12)7-15/h3-6,9-10H,8H2,1-2H3,(H,17,20). The fourth-order valence-electron chi connectivity index (χ4n) is 1.68. The van der Waals surface area contributed by atoms with Gasteiger partial charge in [-0.15, -0.1) is 10.2 Å². The number of carbonyl (C=O) groups excluding carboxylic acids is 1. The molecule has 0 radical (unpaired) electrons. The van der Waals surface area contributed by atoms with Gasteiger partial charge in [0.25, 0.3) is 0 Å². The lowest BCUT2D eigenvalue weighted by Gasteiger charge is -2.09. The summed E-state index contributed by atoms with van der Waals surface area (Å²) in [5, 5.41) is 20.1. The highest BCUT2D eigenvalue weighted by molar-refractivity contribution is 7.99. The molecule has 0 aliphatic carbocycles. The van der Waals surface area contributed by atoms with E-state index in [4.69, 9.17) is 5.26 Å². The Morgan fingerprint density at radius 3 is 3.05 bits per heavy atom. The van der Waals surface area contributed by atoms with Crippen LogP contribution in [0.4, 0.5) is 5.69 Å². The van der Waals surface area contributed by atoms with E-state index >= 15 is 0 Å². The molecule has 1 aromatic heterocycles. The summed E-state index contributed by atoms with van der Waals surface area (Å²) in [6.45, 7) is 4.06. The third-order valence-corrected chi connectivity index (χ3v) is 3.66. The molecule has 6 nitrogen and oxygen atoms in total. The fraction of sp³-hybridized carbons (Fsp3) is 0.286. The molecule has 0 spiro atoms. The monoisotopic (exact) mass is 301 g/mol. The molecule has 0 bridgehead atoms. The summed E-state index contributed by atoms with van der Waals surface area (Å²) in [5.74, 6) is 0.0933. The number of hydrogen-bond donors (Lipinski definition) is 1. The van der Waals surface area contributed by atoms with Crippen molar-refractivity contribution in [2.75, 3.05) is 11.1 Å². The van der Waals surface area contributed by atoms with Crippen LogP contribution in [0.2, 0.25) is 0 Å². The zero-order valence-electron chi connectivity index (χ0n) is 11.8. The number of amides is 1. The van der Waals surface area contributed by atoms with Crippen molar-refractivity contribution in [2.24, 2.45) is 0 Å². The molecular formula is C14H15N5OS. The quantitative estimate of drug-likeness (QED) is 0.858. The summed E-state index contributed by atoms with van der Waals surface area (Å²) >= 11 is 1.33. The summed E-state index contributed by atoms with van der Waals surface area (Å²) in [6.07, 6.45) is 1.65. The van der Waals surface area contributed by atoms with Crippen LogP contribution < -0.4 is 5.32 Å². The van der Waals surface area contributed by atoms with Crippen molar-refractivity contribution < 1.29 is 4.79 Å². The predicted octanol–water partition coefficient (Wildman–Crippen LogP) is 2.46. The Morgan fingerprint density at radius 2 is 2.33 bits per heavy atom. The van der Waals surface area contributed by atoms with E-state index in [1.807, 2.05) is 24.5 Å². The normalized spacial score (nSPS) is 10.4. The van der Waals surface area contributed by atoms with Gasteiger partial charge in [0, 0.05) is 11.7 Å². The minimum atomic E-state index is -0.145. The molecule has 7 heteroatoms. The molecule has 108 valence electrons. The van der Waals surface area contributed by atoms with Gasteiger partial charge in [0.2, 0.25) is 5.91 Å². The van der Waals surface area contributed by atoms with Gasteiger partial charge < -0.3 is 9.88 Å². The third-order valence-electron chi connectivity index (χ3n) is 2.70. The lowest BCUT2D eigenvalue weighted by Crippen LogP contribution is -2.14. The number of hydrogen-bond acceptors (Lipinski definition) is 5. The van der Waals surface area contributed by atoms with Gasteiger partial charge in [0.15, 0.2) is 5.16 Å². The second kappa shape index (κ2) is 6.90. The van der Waals surface area contributed by atoms with Gasteiger partial charge in [-0.3, -0.25) is 4.79 Å². The molecule has 0 aliphatic rings. The van der Waals surface area contributed by atoms with E-state index in [2.05, 4.69) is 15.5 Å². The maximum absolute atomic E-state index is 11.9. The summed E-state index contributed by atoms with van der Waals surface area (Å²) < 4.78 is 1.91. The Labute approximate surface area is 127 Å². The highest BCUT2D eigenvalue weighted by Crippen LogP contribution is 2.19. The Morgan fingerprint density at radius 1 is 1.52 bits per heavy atom. The first-order valence-corrected chi connectivity index (χ1v) is 7.41. The average Bonchev–Trinajstić information content (AvgIpc) is 2.94. The molecular weight excluding hydrogens is 286 g/mol. The maximum Gasteiger partial charge on any atom is 0.234 e. The number of nitrogens with zero attached hydrogens (tertiary/aromatic N) is 4. The van der Waals surface area contributed by atoms with Crippen molar-refractivity contribution >= 4 is 23.4 Å². The number of benzene rings is 1. The number of aromatic nitrogens is 3. The van der Waals surface area contributed by atoms with E-state index < -0.39 is 0 Å². The van der Waals surface area contributed by atoms with Crippen molar-refractivity contribution in [3.05, 3.63) is 36.2 Å². The minimum Gasteiger partial charge on any atom is -0.325 e. The van der Waals surface area contributed by atoms with E-state index in [1.165, 1.54) is 11.8 Å². The minimum absolute atomic E-state index is 0.145. The first-order valence-electron chi connectivity index (χ1n) is 6.42. The molecule has 0 aliphatic heterocycles. The molecule has 0 fully saturated rings. The summed E-state index contributed by atoms with van der Waals surface area (Å²) in [6, 6.07) is 9.10. The second-order valence-corrected chi connectivity index (χ2v) is 5.59. The fourth-order valence-corrected chi connectivity index (χ4v) is 2.53. The molecule has 0 saturated heterocycles. The first kappa shape index (κ1) is 15.1. The summed E-state index contributed by atoms with van der Waals surface area (Å²) in [4.78, 5) is 11.9. The van der Waals surface area contributed by atoms with Gasteiger partial charge in [0.05, 0.1) is 17.4 Å². The van der Waals surface area contributed by atoms with Gasteiger partial charge in [-0.25, -0.2) is 0 Å². The van der Waals surface area contributed by atoms with Crippen molar-refractivity contribution in [1.82, 2.24) is 14.8 Å². The SMILES string of the molecule is CC(C)n1cnnc1SCC(=O)Nc1cccc(C#N)c1. The Hall–Kier alpha value is -2.33. The highest BCUT2D eigenvalue weighted by atomic mass is 32.2. The summed E-state index contributed by atoms with van der Waals surface area (Å²) in [7, 11) is 0. The van der Waals surface area contributed by atoms with E-state index in [9.17, 15) is 4.79 Å². The van der Waals surface area contributed by atoms with Crippen molar-refractivity contribution in [3.63, 3.8) is 0 Å². The number of nitriles is 1. The first-order chi connectivity index (χ1) is 10.1. The number of anilines is 1. The molecule has 1 aromatic carbocycles. The van der Waals surface area contributed by atoms with E-state index in [-0.39, 0.29) is 17.7 Å². The van der Waals surface area contributed by atoms with Gasteiger partial charge in [-0.05, 0) is 32.0 Å². The number of thioether (sulfide) groups is 1. The Bertz CT molecular complexity index is 674. The van der Waals surface area contributed by atoms with Gasteiger partial charge in [-0.1, -0.05) is 17.8 Å². The zero-order chi connectivity index (χ0) is 15.2.